The number of ether oxygens (including phenoxy) is 1. The number of hydrogen-bond acceptors (Lipinski definition) is 4. The molecule has 6 heteroatoms. The van der Waals surface area contributed by atoms with E-state index in [0.717, 1.165) is 22.6 Å². The highest BCUT2D eigenvalue weighted by Gasteiger charge is 2.43. The van der Waals surface area contributed by atoms with Crippen LogP contribution in [0.3, 0.4) is 0 Å². The van der Waals surface area contributed by atoms with Crippen LogP contribution in [0, 0.1) is 13.8 Å². The summed E-state index contributed by atoms with van der Waals surface area (Å²) in [5.41, 5.74) is 0.999. The second-order valence-electron chi connectivity index (χ2n) is 5.61. The van der Waals surface area contributed by atoms with Crippen molar-refractivity contribution in [2.75, 3.05) is 18.1 Å². The molecule has 0 saturated carbocycles. The standard InChI is InChI=1S/C16H21NO4S/c1-11-3-4-12(2)13(9-11)21-7-5-14(18)17-16(15(19)20)6-8-22-10-16/h3-4,9H,5-8,10H2,1-2H3,(H,17,18)(H,19,20). The summed E-state index contributed by atoms with van der Waals surface area (Å²) < 4.78 is 5.63. The van der Waals surface area contributed by atoms with Crippen molar-refractivity contribution in [3.8, 4) is 5.75 Å². The van der Waals surface area contributed by atoms with Gasteiger partial charge in [-0.1, -0.05) is 12.1 Å². The molecular formula is C16H21NO4S. The van der Waals surface area contributed by atoms with E-state index in [4.69, 9.17) is 4.74 Å². The first-order chi connectivity index (χ1) is 10.4. The Bertz CT molecular complexity index is 567. The minimum Gasteiger partial charge on any atom is -0.493 e. The normalized spacial score (nSPS) is 20.6. The Kier molecular flexibility index (Phi) is 5.34. The van der Waals surface area contributed by atoms with Crippen LogP contribution in [0.5, 0.6) is 5.75 Å². The number of benzene rings is 1. The molecule has 1 aliphatic rings. The van der Waals surface area contributed by atoms with Crippen LogP contribution < -0.4 is 10.1 Å². The van der Waals surface area contributed by atoms with Crippen molar-refractivity contribution < 1.29 is 19.4 Å². The van der Waals surface area contributed by atoms with E-state index in [1.165, 1.54) is 0 Å². The molecule has 22 heavy (non-hydrogen) atoms. The molecule has 1 aromatic carbocycles. The van der Waals surface area contributed by atoms with Crippen LogP contribution in [0.15, 0.2) is 18.2 Å². The minimum absolute atomic E-state index is 0.146. The number of aliphatic carboxylic acids is 1. The fraction of sp³-hybridized carbons (Fsp3) is 0.500. The maximum atomic E-state index is 12.0. The highest BCUT2D eigenvalue weighted by molar-refractivity contribution is 7.99. The van der Waals surface area contributed by atoms with E-state index in [9.17, 15) is 14.7 Å². The molecule has 0 bridgehead atoms. The summed E-state index contributed by atoms with van der Waals surface area (Å²) in [5, 5.41) is 12.0. The van der Waals surface area contributed by atoms with Crippen molar-refractivity contribution in [2.24, 2.45) is 0 Å². The van der Waals surface area contributed by atoms with Crippen LogP contribution in [-0.2, 0) is 9.59 Å². The molecule has 1 atom stereocenters. The molecule has 1 unspecified atom stereocenters. The average Bonchev–Trinajstić information content (AvgIpc) is 2.92. The van der Waals surface area contributed by atoms with Crippen LogP contribution in [0.4, 0.5) is 0 Å². The molecule has 0 aliphatic carbocycles. The zero-order chi connectivity index (χ0) is 16.2. The van der Waals surface area contributed by atoms with E-state index in [1.807, 2.05) is 32.0 Å². The molecule has 2 rings (SSSR count). The van der Waals surface area contributed by atoms with Gasteiger partial charge in [0.2, 0.25) is 5.91 Å². The van der Waals surface area contributed by atoms with Crippen LogP contribution in [0.2, 0.25) is 0 Å². The van der Waals surface area contributed by atoms with Gasteiger partial charge in [0.05, 0.1) is 13.0 Å². The lowest BCUT2D eigenvalue weighted by Gasteiger charge is -2.24. The van der Waals surface area contributed by atoms with E-state index in [2.05, 4.69) is 5.32 Å². The average molecular weight is 323 g/mol. The number of nitrogens with one attached hydrogen (secondary N) is 1. The van der Waals surface area contributed by atoms with Crippen molar-refractivity contribution in [2.45, 2.75) is 32.2 Å². The summed E-state index contributed by atoms with van der Waals surface area (Å²) in [5.74, 6) is 0.700. The first-order valence-corrected chi connectivity index (χ1v) is 8.41. The zero-order valence-electron chi connectivity index (χ0n) is 12.8. The Labute approximate surface area is 134 Å². The molecule has 1 aliphatic heterocycles. The largest absolute Gasteiger partial charge is 0.493 e. The van der Waals surface area contributed by atoms with Gasteiger partial charge in [-0.3, -0.25) is 4.79 Å². The molecule has 2 N–H and O–H groups in total. The van der Waals surface area contributed by atoms with Gasteiger partial charge < -0.3 is 15.2 Å². The highest BCUT2D eigenvalue weighted by Crippen LogP contribution is 2.28. The summed E-state index contributed by atoms with van der Waals surface area (Å²) in [4.78, 5) is 23.4. The van der Waals surface area contributed by atoms with Crippen molar-refractivity contribution in [1.82, 2.24) is 5.32 Å². The first kappa shape index (κ1) is 16.7. The fourth-order valence-corrected chi connectivity index (χ4v) is 3.66. The van der Waals surface area contributed by atoms with Crippen molar-refractivity contribution in [3.63, 3.8) is 0 Å². The second-order valence-corrected chi connectivity index (χ2v) is 6.71. The number of aryl methyl sites for hydroxylation is 2. The quantitative estimate of drug-likeness (QED) is 0.839. The predicted molar refractivity (Wildman–Crippen MR) is 86.5 cm³/mol. The third-order valence-electron chi connectivity index (χ3n) is 3.74. The van der Waals surface area contributed by atoms with Gasteiger partial charge in [-0.2, -0.15) is 11.8 Å². The van der Waals surface area contributed by atoms with Crippen LogP contribution in [-0.4, -0.2) is 40.6 Å². The van der Waals surface area contributed by atoms with Gasteiger partial charge in [0.25, 0.3) is 0 Å². The number of carbonyl (C=O) groups is 2. The summed E-state index contributed by atoms with van der Waals surface area (Å²) >= 11 is 1.55. The van der Waals surface area contributed by atoms with Crippen molar-refractivity contribution in [1.29, 1.82) is 0 Å². The molecule has 0 spiro atoms. The topological polar surface area (TPSA) is 75.6 Å². The van der Waals surface area contributed by atoms with Crippen LogP contribution in [0.25, 0.3) is 0 Å². The molecule has 5 nitrogen and oxygen atoms in total. The molecule has 1 saturated heterocycles. The third kappa shape index (κ3) is 3.94. The molecule has 0 aromatic heterocycles. The van der Waals surface area contributed by atoms with Gasteiger partial charge in [-0.05, 0) is 43.2 Å². The number of carboxylic acid groups (broad SMARTS) is 1. The Morgan fingerprint density at radius 1 is 1.41 bits per heavy atom. The summed E-state index contributed by atoms with van der Waals surface area (Å²) in [6.45, 7) is 4.16. The van der Waals surface area contributed by atoms with E-state index in [1.54, 1.807) is 11.8 Å². The second kappa shape index (κ2) is 7.05. The number of amides is 1. The Balaban J connectivity index is 1.85. The minimum atomic E-state index is -1.11. The van der Waals surface area contributed by atoms with Gasteiger partial charge in [0.15, 0.2) is 0 Å². The number of thioether (sulfide) groups is 1. The van der Waals surface area contributed by atoms with Crippen LogP contribution in [0.1, 0.15) is 24.0 Å². The van der Waals surface area contributed by atoms with Gasteiger partial charge >= 0.3 is 5.97 Å². The van der Waals surface area contributed by atoms with E-state index in [-0.39, 0.29) is 18.9 Å². The molecule has 1 aromatic rings. The van der Waals surface area contributed by atoms with Crippen molar-refractivity contribution in [3.05, 3.63) is 29.3 Å². The number of hydrogen-bond donors (Lipinski definition) is 2. The van der Waals surface area contributed by atoms with Gasteiger partial charge in [-0.15, -0.1) is 0 Å². The molecule has 120 valence electrons. The highest BCUT2D eigenvalue weighted by atomic mass is 32.2. The van der Waals surface area contributed by atoms with E-state index < -0.39 is 11.5 Å². The van der Waals surface area contributed by atoms with Gasteiger partial charge in [0, 0.05) is 5.75 Å². The van der Waals surface area contributed by atoms with E-state index >= 15 is 0 Å². The summed E-state index contributed by atoms with van der Waals surface area (Å²) in [6.07, 6.45) is 0.615. The van der Waals surface area contributed by atoms with Gasteiger partial charge in [0.1, 0.15) is 11.3 Å². The molecule has 1 fully saturated rings. The maximum absolute atomic E-state index is 12.0. The smallest absolute Gasteiger partial charge is 0.330 e. The number of carbonyl (C=O) groups excluding carboxylic acids is 1. The lowest BCUT2D eigenvalue weighted by atomic mass is 9.99. The first-order valence-electron chi connectivity index (χ1n) is 7.25. The van der Waals surface area contributed by atoms with Gasteiger partial charge in [-0.25, -0.2) is 4.79 Å². The molecular weight excluding hydrogens is 302 g/mol. The lowest BCUT2D eigenvalue weighted by Crippen LogP contribution is -2.54. The predicted octanol–water partition coefficient (Wildman–Crippen LogP) is 2.15. The molecule has 1 amide bonds. The zero-order valence-corrected chi connectivity index (χ0v) is 13.7. The van der Waals surface area contributed by atoms with E-state index in [0.29, 0.717) is 12.2 Å². The Morgan fingerprint density at radius 2 is 2.18 bits per heavy atom. The maximum Gasteiger partial charge on any atom is 0.330 e. The number of carboxylic acids is 1. The summed E-state index contributed by atoms with van der Waals surface area (Å²) in [6, 6.07) is 5.91. The van der Waals surface area contributed by atoms with Crippen molar-refractivity contribution >= 4 is 23.6 Å². The SMILES string of the molecule is Cc1ccc(C)c(OCCC(=O)NC2(C(=O)O)CCSC2)c1. The Morgan fingerprint density at radius 3 is 2.82 bits per heavy atom. The molecule has 0 radical (unpaired) electrons. The Hall–Kier alpha value is -1.69. The number of rotatable bonds is 6. The third-order valence-corrected chi connectivity index (χ3v) is 4.93. The fourth-order valence-electron chi connectivity index (χ4n) is 2.33. The lowest BCUT2D eigenvalue weighted by molar-refractivity contribution is -0.146. The molecule has 1 heterocycles. The summed E-state index contributed by atoms with van der Waals surface area (Å²) in [7, 11) is 0. The monoisotopic (exact) mass is 323 g/mol. The van der Waals surface area contributed by atoms with Crippen LogP contribution >= 0.6 is 11.8 Å².